The molecule has 5 nitrogen and oxygen atoms in total. The van der Waals surface area contributed by atoms with Crippen LogP contribution in [0.3, 0.4) is 0 Å². The fourth-order valence-electron chi connectivity index (χ4n) is 2.69. The fraction of sp³-hybridized carbons (Fsp3) is 0.500. The number of piperazine rings is 1. The highest BCUT2D eigenvalue weighted by molar-refractivity contribution is 6.32. The minimum atomic E-state index is 0.281. The number of nitrogens with two attached hydrogens (primary N) is 1. The summed E-state index contributed by atoms with van der Waals surface area (Å²) in [7, 11) is 0. The van der Waals surface area contributed by atoms with Crippen molar-refractivity contribution < 1.29 is 4.79 Å². The van der Waals surface area contributed by atoms with Gasteiger partial charge in [-0.05, 0) is 6.42 Å². The predicted molar refractivity (Wildman–Crippen MR) is 70.6 cm³/mol. The van der Waals surface area contributed by atoms with Crippen LogP contribution in [0.15, 0.2) is 12.3 Å². The first-order valence-corrected chi connectivity index (χ1v) is 6.48. The maximum absolute atomic E-state index is 11.6. The van der Waals surface area contributed by atoms with Crippen LogP contribution >= 0.6 is 11.6 Å². The Morgan fingerprint density at radius 1 is 1.44 bits per heavy atom. The Kier molecular flexibility index (Phi) is 2.78. The van der Waals surface area contributed by atoms with Crippen molar-refractivity contribution in [2.45, 2.75) is 18.9 Å². The molecule has 0 saturated carbocycles. The number of nitrogen functional groups attached to an aromatic ring is 1. The van der Waals surface area contributed by atoms with Crippen LogP contribution in [0.2, 0.25) is 5.02 Å². The lowest BCUT2D eigenvalue weighted by Gasteiger charge is -2.38. The maximum Gasteiger partial charge on any atom is 0.223 e. The van der Waals surface area contributed by atoms with Crippen LogP contribution in [-0.4, -0.2) is 41.5 Å². The summed E-state index contributed by atoms with van der Waals surface area (Å²) in [5.74, 6) is 1.12. The number of fused-ring (bicyclic) bond motifs is 1. The maximum atomic E-state index is 11.6. The van der Waals surface area contributed by atoms with Gasteiger partial charge in [-0.3, -0.25) is 4.79 Å². The molecule has 18 heavy (non-hydrogen) atoms. The first-order valence-electron chi connectivity index (χ1n) is 6.10. The molecule has 2 N–H and O–H groups in total. The second kappa shape index (κ2) is 4.31. The van der Waals surface area contributed by atoms with Crippen LogP contribution in [-0.2, 0) is 4.79 Å². The summed E-state index contributed by atoms with van der Waals surface area (Å²) in [6, 6.07) is 2.12. The van der Waals surface area contributed by atoms with E-state index in [4.69, 9.17) is 17.3 Å². The zero-order chi connectivity index (χ0) is 12.7. The largest absolute Gasteiger partial charge is 0.397 e. The highest BCUT2D eigenvalue weighted by atomic mass is 35.5. The fourth-order valence-corrected chi connectivity index (χ4v) is 2.79. The molecule has 2 aliphatic heterocycles. The second-order valence-electron chi connectivity index (χ2n) is 4.79. The molecule has 1 amide bonds. The highest BCUT2D eigenvalue weighted by Gasteiger charge is 2.35. The molecule has 2 aliphatic rings. The van der Waals surface area contributed by atoms with Gasteiger partial charge in [-0.2, -0.15) is 0 Å². The summed E-state index contributed by atoms with van der Waals surface area (Å²) >= 11 is 5.87. The topological polar surface area (TPSA) is 62.5 Å². The number of rotatable bonds is 1. The zero-order valence-corrected chi connectivity index (χ0v) is 10.7. The average molecular weight is 267 g/mol. The molecule has 0 radical (unpaired) electrons. The minimum absolute atomic E-state index is 0.281. The number of anilines is 2. The number of amides is 1. The quantitative estimate of drug-likeness (QED) is 0.828. The van der Waals surface area contributed by atoms with Crippen molar-refractivity contribution >= 4 is 29.0 Å². The van der Waals surface area contributed by atoms with Gasteiger partial charge in [0.1, 0.15) is 5.82 Å². The third-order valence-corrected chi connectivity index (χ3v) is 4.00. The lowest BCUT2D eigenvalue weighted by atomic mass is 10.1. The van der Waals surface area contributed by atoms with Gasteiger partial charge in [0.25, 0.3) is 0 Å². The van der Waals surface area contributed by atoms with Gasteiger partial charge < -0.3 is 15.5 Å². The van der Waals surface area contributed by atoms with Gasteiger partial charge in [-0.15, -0.1) is 0 Å². The van der Waals surface area contributed by atoms with E-state index in [0.717, 1.165) is 31.9 Å². The summed E-state index contributed by atoms with van der Waals surface area (Å²) < 4.78 is 0. The Balaban J connectivity index is 1.78. The summed E-state index contributed by atoms with van der Waals surface area (Å²) in [5.41, 5.74) is 6.34. The molecule has 2 fully saturated rings. The molecule has 6 heteroatoms. The molecule has 3 heterocycles. The molecule has 96 valence electrons. The van der Waals surface area contributed by atoms with E-state index in [1.54, 1.807) is 12.3 Å². The van der Waals surface area contributed by atoms with Crippen molar-refractivity contribution in [2.75, 3.05) is 30.3 Å². The Hall–Kier alpha value is -1.49. The lowest BCUT2D eigenvalue weighted by Crippen LogP contribution is -2.51. The highest BCUT2D eigenvalue weighted by Crippen LogP contribution is 2.27. The van der Waals surface area contributed by atoms with Gasteiger partial charge in [-0.1, -0.05) is 11.6 Å². The van der Waals surface area contributed by atoms with E-state index in [1.807, 2.05) is 4.90 Å². The number of nitrogens with zero attached hydrogens (tertiary/aromatic N) is 3. The first kappa shape index (κ1) is 11.6. The molecule has 0 spiro atoms. The molecule has 1 atom stereocenters. The Morgan fingerprint density at radius 3 is 3.06 bits per heavy atom. The monoisotopic (exact) mass is 266 g/mol. The number of halogens is 1. The van der Waals surface area contributed by atoms with Crippen molar-refractivity contribution in [3.8, 4) is 0 Å². The van der Waals surface area contributed by atoms with Gasteiger partial charge in [0, 0.05) is 44.4 Å². The zero-order valence-electron chi connectivity index (χ0n) is 9.97. The summed E-state index contributed by atoms with van der Waals surface area (Å²) in [6.07, 6.45) is 3.20. The van der Waals surface area contributed by atoms with Gasteiger partial charge >= 0.3 is 0 Å². The van der Waals surface area contributed by atoms with Crippen LogP contribution in [0, 0.1) is 0 Å². The van der Waals surface area contributed by atoms with Crippen LogP contribution in [0.4, 0.5) is 11.5 Å². The van der Waals surface area contributed by atoms with E-state index in [-0.39, 0.29) is 5.91 Å². The molecule has 0 aliphatic carbocycles. The van der Waals surface area contributed by atoms with Crippen LogP contribution in [0.1, 0.15) is 12.8 Å². The molecule has 0 aromatic carbocycles. The number of hydrogen-bond acceptors (Lipinski definition) is 4. The van der Waals surface area contributed by atoms with Gasteiger partial charge in [0.15, 0.2) is 0 Å². The van der Waals surface area contributed by atoms with Gasteiger partial charge in [0.2, 0.25) is 5.91 Å². The molecule has 2 saturated heterocycles. The van der Waals surface area contributed by atoms with Crippen LogP contribution < -0.4 is 10.6 Å². The Bertz CT molecular complexity index is 493. The van der Waals surface area contributed by atoms with Crippen molar-refractivity contribution in [2.24, 2.45) is 0 Å². The number of pyridine rings is 1. The Labute approximate surface area is 111 Å². The van der Waals surface area contributed by atoms with Crippen LogP contribution in [0.25, 0.3) is 0 Å². The third-order valence-electron chi connectivity index (χ3n) is 3.69. The molecule has 0 bridgehead atoms. The van der Waals surface area contributed by atoms with Crippen molar-refractivity contribution in [3.63, 3.8) is 0 Å². The van der Waals surface area contributed by atoms with E-state index >= 15 is 0 Å². The normalized spacial score (nSPS) is 23.4. The van der Waals surface area contributed by atoms with E-state index in [1.165, 1.54) is 0 Å². The summed E-state index contributed by atoms with van der Waals surface area (Å²) in [4.78, 5) is 20.1. The van der Waals surface area contributed by atoms with E-state index < -0.39 is 0 Å². The number of carbonyl (C=O) groups excluding carboxylic acids is 1. The number of aromatic nitrogens is 1. The molecular weight excluding hydrogens is 252 g/mol. The van der Waals surface area contributed by atoms with E-state index in [0.29, 0.717) is 23.2 Å². The molecule has 3 rings (SSSR count). The molecule has 1 unspecified atom stereocenters. The second-order valence-corrected chi connectivity index (χ2v) is 5.20. The summed E-state index contributed by atoms with van der Waals surface area (Å²) in [5, 5.41) is 0.480. The van der Waals surface area contributed by atoms with Gasteiger partial charge in [0.05, 0.1) is 10.7 Å². The van der Waals surface area contributed by atoms with E-state index in [2.05, 4.69) is 9.88 Å². The lowest BCUT2D eigenvalue weighted by molar-refractivity contribution is -0.129. The van der Waals surface area contributed by atoms with Crippen LogP contribution in [0.5, 0.6) is 0 Å². The average Bonchev–Trinajstić information content (AvgIpc) is 2.74. The molecule has 1 aromatic rings. The number of carbonyl (C=O) groups is 1. The SMILES string of the molecule is Nc1cc(N2CCN3C(=O)CCC3C2)ncc1Cl. The molecule has 1 aromatic heterocycles. The Morgan fingerprint density at radius 2 is 2.28 bits per heavy atom. The smallest absolute Gasteiger partial charge is 0.223 e. The third kappa shape index (κ3) is 1.88. The van der Waals surface area contributed by atoms with Gasteiger partial charge in [-0.25, -0.2) is 4.98 Å². The van der Waals surface area contributed by atoms with Crippen molar-refractivity contribution in [1.82, 2.24) is 9.88 Å². The van der Waals surface area contributed by atoms with Crippen molar-refractivity contribution in [1.29, 1.82) is 0 Å². The minimum Gasteiger partial charge on any atom is -0.397 e. The summed E-state index contributed by atoms with van der Waals surface area (Å²) in [6.45, 7) is 2.41. The first-order chi connectivity index (χ1) is 8.65. The van der Waals surface area contributed by atoms with Crippen molar-refractivity contribution in [3.05, 3.63) is 17.3 Å². The van der Waals surface area contributed by atoms with E-state index in [9.17, 15) is 4.79 Å². The standard InChI is InChI=1S/C12H15ClN4O/c13-9-6-15-11(5-10(9)14)16-3-4-17-8(7-16)1-2-12(17)18/h5-6,8H,1-4,7H2,(H2,14,15). The predicted octanol–water partition coefficient (Wildman–Crippen LogP) is 1.13. The molecular formula is C12H15ClN4O. The number of hydrogen-bond donors (Lipinski definition) is 1.